The molecule has 0 amide bonds. The summed E-state index contributed by atoms with van der Waals surface area (Å²) >= 11 is 5.85. The Morgan fingerprint density at radius 3 is 2.47 bits per heavy atom. The molecule has 0 radical (unpaired) electrons. The first-order chi connectivity index (χ1) is 14.2. The number of pyridine rings is 1. The van der Waals surface area contributed by atoms with Crippen LogP contribution in [-0.4, -0.2) is 14.1 Å². The lowest BCUT2D eigenvalue weighted by Gasteiger charge is -2.10. The maximum atomic E-state index is 13.1. The number of benzene rings is 2. The Morgan fingerprint density at radius 2 is 1.80 bits per heavy atom. The molecular formula is C21H15ClF3N3O2. The van der Waals surface area contributed by atoms with E-state index in [4.69, 9.17) is 16.3 Å². The molecule has 154 valence electrons. The first kappa shape index (κ1) is 20.0. The minimum absolute atomic E-state index is 0.199. The van der Waals surface area contributed by atoms with Crippen LogP contribution < -0.4 is 10.3 Å². The Balaban J connectivity index is 1.61. The fourth-order valence-corrected chi connectivity index (χ4v) is 3.22. The lowest BCUT2D eigenvalue weighted by molar-refractivity contribution is -0.146. The van der Waals surface area contributed by atoms with Crippen LogP contribution in [0.3, 0.4) is 0 Å². The molecule has 0 N–H and O–H groups in total. The smallest absolute Gasteiger partial charge is 0.449 e. The third-order valence-electron chi connectivity index (χ3n) is 4.61. The number of hydrogen-bond acceptors (Lipinski definition) is 3. The number of fused-ring (bicyclic) bond motifs is 1. The summed E-state index contributed by atoms with van der Waals surface area (Å²) in [6, 6.07) is 14.6. The summed E-state index contributed by atoms with van der Waals surface area (Å²) in [5.41, 5.74) is 1.42. The molecule has 5 nitrogen and oxygen atoms in total. The predicted octanol–water partition coefficient (Wildman–Crippen LogP) is 4.98. The second kappa shape index (κ2) is 7.53. The van der Waals surface area contributed by atoms with E-state index in [0.29, 0.717) is 16.5 Å². The molecule has 0 fully saturated rings. The molecule has 2 aromatic carbocycles. The third-order valence-corrected chi connectivity index (χ3v) is 4.86. The van der Waals surface area contributed by atoms with Crippen LogP contribution in [0.2, 0.25) is 5.02 Å². The van der Waals surface area contributed by atoms with E-state index in [1.807, 2.05) is 12.1 Å². The Morgan fingerprint density at radius 1 is 1.07 bits per heavy atom. The summed E-state index contributed by atoms with van der Waals surface area (Å²) in [7, 11) is 1.29. The lowest BCUT2D eigenvalue weighted by atomic mass is 10.2. The van der Waals surface area contributed by atoms with Crippen LogP contribution in [0.4, 0.5) is 13.2 Å². The predicted molar refractivity (Wildman–Crippen MR) is 107 cm³/mol. The van der Waals surface area contributed by atoms with Crippen LogP contribution in [0.1, 0.15) is 11.4 Å². The summed E-state index contributed by atoms with van der Waals surface area (Å²) in [6.45, 7) is 0.266. The van der Waals surface area contributed by atoms with E-state index >= 15 is 0 Å². The number of rotatable bonds is 4. The molecule has 0 bridgehead atoms. The first-order valence-electron chi connectivity index (χ1n) is 8.86. The molecule has 4 rings (SSSR count). The third kappa shape index (κ3) is 3.91. The molecule has 9 heteroatoms. The standard InChI is InChI=1S/C21H15ClF3N3O2/c1-27-18-10-15(6-7-17(18)26-20(27)21(23,24)25)28-9-8-16(11-19(28)29)30-12-13-2-4-14(22)5-3-13/h2-11H,12H2,1H3. The molecule has 2 heterocycles. The zero-order chi connectivity index (χ0) is 21.5. The molecule has 0 saturated heterocycles. The van der Waals surface area contributed by atoms with Crippen LogP contribution in [0.5, 0.6) is 5.75 Å². The van der Waals surface area contributed by atoms with Crippen LogP contribution >= 0.6 is 11.6 Å². The highest BCUT2D eigenvalue weighted by Gasteiger charge is 2.36. The summed E-state index contributed by atoms with van der Waals surface area (Å²) in [5, 5.41) is 0.620. The zero-order valence-corrected chi connectivity index (χ0v) is 16.4. The molecule has 30 heavy (non-hydrogen) atoms. The fraction of sp³-hybridized carbons (Fsp3) is 0.143. The summed E-state index contributed by atoms with van der Waals surface area (Å²) in [5.74, 6) is -0.611. The van der Waals surface area contributed by atoms with Gasteiger partial charge in [0.2, 0.25) is 5.82 Å². The number of aromatic nitrogens is 3. The van der Waals surface area contributed by atoms with Crippen molar-refractivity contribution >= 4 is 22.6 Å². The Bertz CT molecular complexity index is 1280. The number of ether oxygens (including phenoxy) is 1. The molecule has 0 atom stereocenters. The van der Waals surface area contributed by atoms with E-state index in [0.717, 1.165) is 10.1 Å². The molecule has 0 aliphatic heterocycles. The topological polar surface area (TPSA) is 49.0 Å². The van der Waals surface area contributed by atoms with Crippen molar-refractivity contribution in [2.24, 2.45) is 7.05 Å². The second-order valence-corrected chi connectivity index (χ2v) is 7.09. The number of nitrogens with zero attached hydrogens (tertiary/aromatic N) is 3. The van der Waals surface area contributed by atoms with E-state index in [1.165, 1.54) is 36.0 Å². The van der Waals surface area contributed by atoms with Crippen molar-refractivity contribution in [1.82, 2.24) is 14.1 Å². The van der Waals surface area contributed by atoms with Crippen molar-refractivity contribution in [2.75, 3.05) is 0 Å². The van der Waals surface area contributed by atoms with Gasteiger partial charge in [0.1, 0.15) is 12.4 Å². The van der Waals surface area contributed by atoms with Gasteiger partial charge in [0.05, 0.1) is 16.7 Å². The van der Waals surface area contributed by atoms with Gasteiger partial charge < -0.3 is 9.30 Å². The summed E-state index contributed by atoms with van der Waals surface area (Å²) < 4.78 is 47.2. The summed E-state index contributed by atoms with van der Waals surface area (Å²) in [4.78, 5) is 16.2. The molecule has 0 saturated carbocycles. The van der Waals surface area contributed by atoms with Gasteiger partial charge >= 0.3 is 6.18 Å². The van der Waals surface area contributed by atoms with E-state index in [1.54, 1.807) is 24.3 Å². The van der Waals surface area contributed by atoms with Crippen molar-refractivity contribution < 1.29 is 17.9 Å². The van der Waals surface area contributed by atoms with E-state index in [9.17, 15) is 18.0 Å². The number of alkyl halides is 3. The maximum Gasteiger partial charge on any atom is 0.449 e. The van der Waals surface area contributed by atoms with Gasteiger partial charge in [0.25, 0.3) is 5.56 Å². The normalized spacial score (nSPS) is 11.8. The van der Waals surface area contributed by atoms with Gasteiger partial charge in [-0.3, -0.25) is 9.36 Å². The monoisotopic (exact) mass is 433 g/mol. The number of aryl methyl sites for hydroxylation is 1. The highest BCUT2D eigenvalue weighted by atomic mass is 35.5. The van der Waals surface area contributed by atoms with E-state index in [2.05, 4.69) is 4.98 Å². The molecule has 0 spiro atoms. The SMILES string of the molecule is Cn1c(C(F)(F)F)nc2ccc(-n3ccc(OCc4ccc(Cl)cc4)cc3=O)cc21. The van der Waals surface area contributed by atoms with Crippen molar-refractivity contribution in [3.8, 4) is 11.4 Å². The van der Waals surface area contributed by atoms with Crippen LogP contribution in [-0.2, 0) is 19.8 Å². The van der Waals surface area contributed by atoms with Crippen molar-refractivity contribution in [3.63, 3.8) is 0 Å². The average molecular weight is 434 g/mol. The Kier molecular flexibility index (Phi) is 5.03. The van der Waals surface area contributed by atoms with Gasteiger partial charge in [-0.2, -0.15) is 13.2 Å². The van der Waals surface area contributed by atoms with Gasteiger partial charge in [-0.15, -0.1) is 0 Å². The molecule has 2 aromatic heterocycles. The van der Waals surface area contributed by atoms with Gasteiger partial charge in [-0.25, -0.2) is 4.98 Å². The quantitative estimate of drug-likeness (QED) is 0.456. The maximum absolute atomic E-state index is 13.1. The first-order valence-corrected chi connectivity index (χ1v) is 9.24. The van der Waals surface area contributed by atoms with Crippen molar-refractivity contribution in [1.29, 1.82) is 0 Å². The largest absolute Gasteiger partial charge is 0.489 e. The minimum Gasteiger partial charge on any atom is -0.489 e. The fourth-order valence-electron chi connectivity index (χ4n) is 3.09. The summed E-state index contributed by atoms with van der Waals surface area (Å²) in [6.07, 6.45) is -3.05. The van der Waals surface area contributed by atoms with Crippen LogP contribution in [0, 0.1) is 0 Å². The number of hydrogen-bond donors (Lipinski definition) is 0. The van der Waals surface area contributed by atoms with Gasteiger partial charge in [0, 0.05) is 24.3 Å². The number of imidazole rings is 1. The van der Waals surface area contributed by atoms with E-state index in [-0.39, 0.29) is 23.2 Å². The lowest BCUT2D eigenvalue weighted by Crippen LogP contribution is -2.17. The molecule has 0 aliphatic carbocycles. The second-order valence-electron chi connectivity index (χ2n) is 6.65. The van der Waals surface area contributed by atoms with Crippen LogP contribution in [0.25, 0.3) is 16.7 Å². The van der Waals surface area contributed by atoms with Crippen molar-refractivity contribution in [2.45, 2.75) is 12.8 Å². The molecule has 4 aromatic rings. The van der Waals surface area contributed by atoms with Gasteiger partial charge in [0.15, 0.2) is 0 Å². The van der Waals surface area contributed by atoms with Crippen molar-refractivity contribution in [3.05, 3.63) is 87.6 Å². The Labute approximate surface area is 173 Å². The van der Waals surface area contributed by atoms with Gasteiger partial charge in [-0.05, 0) is 42.0 Å². The Hall–Kier alpha value is -3.26. The molecular weight excluding hydrogens is 419 g/mol. The van der Waals surface area contributed by atoms with E-state index < -0.39 is 12.0 Å². The van der Waals surface area contributed by atoms with Crippen LogP contribution in [0.15, 0.2) is 65.6 Å². The molecule has 0 aliphatic rings. The highest BCUT2D eigenvalue weighted by Crippen LogP contribution is 2.31. The molecule has 0 unspecified atom stereocenters. The number of halogens is 4. The minimum atomic E-state index is -4.56. The highest BCUT2D eigenvalue weighted by molar-refractivity contribution is 6.30. The zero-order valence-electron chi connectivity index (χ0n) is 15.7. The van der Waals surface area contributed by atoms with Gasteiger partial charge in [-0.1, -0.05) is 23.7 Å². The average Bonchev–Trinajstić information content (AvgIpc) is 3.04.